The second-order valence-electron chi connectivity index (χ2n) is 9.85. The van der Waals surface area contributed by atoms with Gasteiger partial charge in [-0.05, 0) is 54.3 Å². The summed E-state index contributed by atoms with van der Waals surface area (Å²) in [5.41, 5.74) is 3.75. The van der Waals surface area contributed by atoms with Crippen molar-refractivity contribution in [3.8, 4) is 33.8 Å². The summed E-state index contributed by atoms with van der Waals surface area (Å²) >= 11 is 0. The number of hydrogen-bond donors (Lipinski definition) is 0. The van der Waals surface area contributed by atoms with Crippen LogP contribution in [0, 0.1) is 24.4 Å². The smallest absolute Gasteiger partial charge is 0.201 e. The Morgan fingerprint density at radius 2 is 1.26 bits per heavy atom. The quantitative estimate of drug-likeness (QED) is 0.160. The first-order valence-electron chi connectivity index (χ1n) is 13.7. The highest BCUT2D eigenvalue weighted by atomic mass is 19.2. The highest BCUT2D eigenvalue weighted by molar-refractivity contribution is 5.66. The third kappa shape index (κ3) is 7.66. The Bertz CT molecular complexity index is 1350. The van der Waals surface area contributed by atoms with Crippen molar-refractivity contribution in [1.82, 2.24) is 0 Å². The van der Waals surface area contributed by atoms with E-state index in [4.69, 9.17) is 9.47 Å². The zero-order chi connectivity index (χ0) is 27.6. The Kier molecular flexibility index (Phi) is 10.1. The van der Waals surface area contributed by atoms with Gasteiger partial charge in [-0.1, -0.05) is 93.1 Å². The van der Waals surface area contributed by atoms with Gasteiger partial charge >= 0.3 is 0 Å². The minimum atomic E-state index is -1.02. The maximum atomic E-state index is 14.8. The zero-order valence-corrected chi connectivity index (χ0v) is 22.6. The van der Waals surface area contributed by atoms with Crippen molar-refractivity contribution < 1.29 is 22.6 Å². The average molecular weight is 533 g/mol. The van der Waals surface area contributed by atoms with Crippen molar-refractivity contribution in [3.63, 3.8) is 0 Å². The highest BCUT2D eigenvalue weighted by Gasteiger charge is 2.16. The number of benzene rings is 4. The van der Waals surface area contributed by atoms with Crippen molar-refractivity contribution in [2.75, 3.05) is 6.61 Å². The van der Waals surface area contributed by atoms with Crippen LogP contribution in [0.2, 0.25) is 0 Å². The maximum Gasteiger partial charge on any atom is 0.201 e. The summed E-state index contributed by atoms with van der Waals surface area (Å²) in [6.07, 6.45) is 7.03. The molecule has 0 spiro atoms. The standard InChI is InChI=1S/C34H35F3O2/c1-3-4-5-6-7-8-21-38-28-17-18-29(31(35)22-28)26-15-11-25(12-16-26)23-39-32-20-19-30(33(36)34(32)37)27-13-9-24(2)10-14-27/h9-20,22H,3-8,21,23H2,1-2H3. The summed E-state index contributed by atoms with van der Waals surface area (Å²) in [6.45, 7) is 4.76. The van der Waals surface area contributed by atoms with E-state index < -0.39 is 11.6 Å². The first kappa shape index (κ1) is 28.3. The van der Waals surface area contributed by atoms with Crippen LogP contribution < -0.4 is 9.47 Å². The third-order valence-electron chi connectivity index (χ3n) is 6.78. The zero-order valence-electron chi connectivity index (χ0n) is 22.6. The van der Waals surface area contributed by atoms with Crippen molar-refractivity contribution in [2.24, 2.45) is 0 Å². The fourth-order valence-corrected chi connectivity index (χ4v) is 4.43. The summed E-state index contributed by atoms with van der Waals surface area (Å²) < 4.78 is 55.5. The van der Waals surface area contributed by atoms with Gasteiger partial charge in [-0.3, -0.25) is 0 Å². The van der Waals surface area contributed by atoms with Crippen molar-refractivity contribution >= 4 is 0 Å². The molecule has 204 valence electrons. The highest BCUT2D eigenvalue weighted by Crippen LogP contribution is 2.31. The number of hydrogen-bond acceptors (Lipinski definition) is 2. The molecule has 0 N–H and O–H groups in total. The van der Waals surface area contributed by atoms with Gasteiger partial charge in [-0.2, -0.15) is 4.39 Å². The van der Waals surface area contributed by atoms with Crippen LogP contribution in [0.5, 0.6) is 11.5 Å². The molecule has 0 aliphatic carbocycles. The van der Waals surface area contributed by atoms with Gasteiger partial charge in [-0.25, -0.2) is 8.78 Å². The van der Waals surface area contributed by atoms with Crippen LogP contribution in [-0.4, -0.2) is 6.61 Å². The van der Waals surface area contributed by atoms with E-state index in [1.807, 2.05) is 19.1 Å². The predicted molar refractivity (Wildman–Crippen MR) is 152 cm³/mol. The number of rotatable bonds is 13. The number of halogens is 3. The van der Waals surface area contributed by atoms with Crippen LogP contribution in [0.4, 0.5) is 13.2 Å². The molecular weight excluding hydrogens is 497 g/mol. The summed E-state index contributed by atoms with van der Waals surface area (Å²) in [5.74, 6) is -1.95. The van der Waals surface area contributed by atoms with Crippen molar-refractivity contribution in [1.29, 1.82) is 0 Å². The summed E-state index contributed by atoms with van der Waals surface area (Å²) in [7, 11) is 0. The molecule has 0 atom stereocenters. The first-order valence-corrected chi connectivity index (χ1v) is 13.7. The van der Waals surface area contributed by atoms with Gasteiger partial charge in [0.2, 0.25) is 5.82 Å². The van der Waals surface area contributed by atoms with Gasteiger partial charge < -0.3 is 9.47 Å². The minimum Gasteiger partial charge on any atom is -0.493 e. The molecule has 0 saturated carbocycles. The lowest BCUT2D eigenvalue weighted by atomic mass is 10.0. The van der Waals surface area contributed by atoms with Gasteiger partial charge in [0.1, 0.15) is 18.2 Å². The van der Waals surface area contributed by atoms with Gasteiger partial charge in [0.25, 0.3) is 0 Å². The van der Waals surface area contributed by atoms with Crippen LogP contribution in [0.3, 0.4) is 0 Å². The van der Waals surface area contributed by atoms with Crippen LogP contribution in [0.25, 0.3) is 22.3 Å². The Hall–Kier alpha value is -3.73. The molecule has 4 aromatic rings. The van der Waals surface area contributed by atoms with Crippen molar-refractivity contribution in [2.45, 2.75) is 59.0 Å². The summed E-state index contributed by atoms with van der Waals surface area (Å²) in [5, 5.41) is 0. The molecule has 0 aliphatic heterocycles. The van der Waals surface area contributed by atoms with E-state index in [1.54, 1.807) is 48.5 Å². The molecule has 2 nitrogen and oxygen atoms in total. The molecule has 0 unspecified atom stereocenters. The van der Waals surface area contributed by atoms with Crippen LogP contribution in [-0.2, 0) is 6.61 Å². The molecule has 0 amide bonds. The van der Waals surface area contributed by atoms with E-state index in [9.17, 15) is 13.2 Å². The van der Waals surface area contributed by atoms with Crippen molar-refractivity contribution in [3.05, 3.63) is 107 Å². The van der Waals surface area contributed by atoms with Crippen LogP contribution in [0.15, 0.2) is 78.9 Å². The van der Waals surface area contributed by atoms with E-state index in [0.29, 0.717) is 29.0 Å². The molecule has 4 rings (SSSR count). The van der Waals surface area contributed by atoms with Crippen LogP contribution >= 0.6 is 0 Å². The molecule has 5 heteroatoms. The normalized spacial score (nSPS) is 11.0. The average Bonchev–Trinajstić information content (AvgIpc) is 2.94. The van der Waals surface area contributed by atoms with E-state index in [2.05, 4.69) is 6.92 Å². The number of unbranched alkanes of at least 4 members (excludes halogenated alkanes) is 5. The van der Waals surface area contributed by atoms with Gasteiger partial charge in [0.05, 0.1) is 6.61 Å². The van der Waals surface area contributed by atoms with E-state index in [0.717, 1.165) is 24.0 Å². The molecule has 0 radical (unpaired) electrons. The monoisotopic (exact) mass is 532 g/mol. The van der Waals surface area contributed by atoms with E-state index in [1.165, 1.54) is 43.9 Å². The molecule has 0 saturated heterocycles. The molecular formula is C34H35F3O2. The lowest BCUT2D eigenvalue weighted by Gasteiger charge is -2.12. The lowest BCUT2D eigenvalue weighted by molar-refractivity contribution is 0.285. The molecule has 0 aliphatic rings. The third-order valence-corrected chi connectivity index (χ3v) is 6.78. The van der Waals surface area contributed by atoms with Gasteiger partial charge in [0.15, 0.2) is 11.6 Å². The lowest BCUT2D eigenvalue weighted by Crippen LogP contribution is -2.00. The maximum absolute atomic E-state index is 14.8. The minimum absolute atomic E-state index is 0.0498. The second-order valence-corrected chi connectivity index (χ2v) is 9.85. The summed E-state index contributed by atoms with van der Waals surface area (Å²) in [4.78, 5) is 0. The Labute approximate surface area is 229 Å². The molecule has 0 fully saturated rings. The Balaban J connectivity index is 1.32. The van der Waals surface area contributed by atoms with Gasteiger partial charge in [-0.15, -0.1) is 0 Å². The van der Waals surface area contributed by atoms with E-state index >= 15 is 0 Å². The van der Waals surface area contributed by atoms with Gasteiger partial charge in [0, 0.05) is 17.2 Å². The summed E-state index contributed by atoms with van der Waals surface area (Å²) in [6, 6.07) is 22.2. The Morgan fingerprint density at radius 1 is 0.615 bits per heavy atom. The molecule has 4 aromatic carbocycles. The first-order chi connectivity index (χ1) is 19.0. The number of ether oxygens (including phenoxy) is 2. The van der Waals surface area contributed by atoms with E-state index in [-0.39, 0.29) is 23.7 Å². The SMILES string of the molecule is CCCCCCCCOc1ccc(-c2ccc(COc3ccc(-c4ccc(C)cc4)c(F)c3F)cc2)c(F)c1. The molecule has 0 heterocycles. The van der Waals surface area contributed by atoms with Crippen LogP contribution in [0.1, 0.15) is 56.6 Å². The topological polar surface area (TPSA) is 18.5 Å². The molecule has 0 aromatic heterocycles. The molecule has 39 heavy (non-hydrogen) atoms. The predicted octanol–water partition coefficient (Wildman–Crippen LogP) is 10.1. The fraction of sp³-hybridized carbons (Fsp3) is 0.294. The largest absolute Gasteiger partial charge is 0.493 e. The second kappa shape index (κ2) is 13.9. The molecule has 0 bridgehead atoms. The number of aryl methyl sites for hydroxylation is 1. The fourth-order valence-electron chi connectivity index (χ4n) is 4.43. The Morgan fingerprint density at radius 3 is 1.97 bits per heavy atom.